The molecule has 1 aliphatic rings. The average molecular weight is 192 g/mol. The lowest BCUT2D eigenvalue weighted by molar-refractivity contribution is 0.0922. The summed E-state index contributed by atoms with van der Waals surface area (Å²) in [7, 11) is 0. The zero-order valence-electron chi connectivity index (χ0n) is 7.86. The van der Waals surface area contributed by atoms with Crippen LogP contribution in [0.25, 0.3) is 0 Å². The van der Waals surface area contributed by atoms with E-state index in [1.165, 1.54) is 12.3 Å². The highest BCUT2D eigenvalue weighted by Gasteiger charge is 2.24. The molecule has 1 heterocycles. The number of furan rings is 1. The molecule has 1 saturated carbocycles. The lowest BCUT2D eigenvalue weighted by Crippen LogP contribution is -2.09. The van der Waals surface area contributed by atoms with E-state index in [-0.39, 0.29) is 17.5 Å². The van der Waals surface area contributed by atoms with Gasteiger partial charge in [0.15, 0.2) is 17.8 Å². The zero-order valence-corrected chi connectivity index (χ0v) is 7.86. The van der Waals surface area contributed by atoms with Crippen molar-refractivity contribution in [3.63, 3.8) is 0 Å². The Hall–Kier alpha value is -1.38. The molecule has 0 atom stereocenters. The first kappa shape index (κ1) is 9.19. The van der Waals surface area contributed by atoms with Crippen LogP contribution in [0.1, 0.15) is 46.6 Å². The van der Waals surface area contributed by atoms with Gasteiger partial charge >= 0.3 is 0 Å². The van der Waals surface area contributed by atoms with E-state index < -0.39 is 0 Å². The summed E-state index contributed by atoms with van der Waals surface area (Å²) in [6.45, 7) is 0. The topological polar surface area (TPSA) is 47.3 Å². The van der Waals surface area contributed by atoms with E-state index in [1.807, 2.05) is 0 Å². The molecule has 2 rings (SSSR count). The third-order valence-corrected chi connectivity index (χ3v) is 2.75. The first-order valence-electron chi connectivity index (χ1n) is 4.89. The smallest absolute Gasteiger partial charge is 0.185 e. The molecule has 0 aliphatic heterocycles. The average Bonchev–Trinajstić information content (AvgIpc) is 2.88. The third-order valence-electron chi connectivity index (χ3n) is 2.75. The van der Waals surface area contributed by atoms with Gasteiger partial charge in [-0.3, -0.25) is 9.59 Å². The molecule has 0 radical (unpaired) electrons. The van der Waals surface area contributed by atoms with Gasteiger partial charge in [0.1, 0.15) is 6.26 Å². The van der Waals surface area contributed by atoms with Crippen molar-refractivity contribution in [2.45, 2.75) is 25.7 Å². The van der Waals surface area contributed by atoms with Crippen molar-refractivity contribution < 1.29 is 14.0 Å². The van der Waals surface area contributed by atoms with Crippen LogP contribution in [0.3, 0.4) is 0 Å². The Morgan fingerprint density at radius 1 is 1.43 bits per heavy atom. The van der Waals surface area contributed by atoms with Gasteiger partial charge in [0.05, 0.1) is 5.56 Å². The standard InChI is InChI=1S/C11H12O3/c12-6-10-5-9(7-14-10)11(13)8-3-1-2-4-8/h5-8H,1-4H2. The highest BCUT2D eigenvalue weighted by Crippen LogP contribution is 2.28. The maximum absolute atomic E-state index is 11.8. The van der Waals surface area contributed by atoms with E-state index in [1.54, 1.807) is 0 Å². The van der Waals surface area contributed by atoms with Gasteiger partial charge in [-0.1, -0.05) is 12.8 Å². The van der Waals surface area contributed by atoms with Gasteiger partial charge in [-0.2, -0.15) is 0 Å². The molecule has 0 N–H and O–H groups in total. The van der Waals surface area contributed by atoms with Crippen LogP contribution in [0.15, 0.2) is 16.7 Å². The molecule has 1 aliphatic carbocycles. The summed E-state index contributed by atoms with van der Waals surface area (Å²) in [5.41, 5.74) is 0.541. The number of carbonyl (C=O) groups is 2. The van der Waals surface area contributed by atoms with E-state index in [0.717, 1.165) is 25.7 Å². The fraction of sp³-hybridized carbons (Fsp3) is 0.455. The van der Waals surface area contributed by atoms with Crippen molar-refractivity contribution in [1.29, 1.82) is 0 Å². The second-order valence-corrected chi connectivity index (χ2v) is 3.70. The van der Waals surface area contributed by atoms with Gasteiger partial charge in [0, 0.05) is 5.92 Å². The molecular formula is C11H12O3. The van der Waals surface area contributed by atoms with Gasteiger partial charge in [0.2, 0.25) is 0 Å². The SMILES string of the molecule is O=Cc1cc(C(=O)C2CCCC2)co1. The number of carbonyl (C=O) groups excluding carboxylic acids is 2. The van der Waals surface area contributed by atoms with Gasteiger partial charge in [-0.15, -0.1) is 0 Å². The Morgan fingerprint density at radius 2 is 2.14 bits per heavy atom. The molecule has 1 fully saturated rings. The molecular weight excluding hydrogens is 180 g/mol. The zero-order chi connectivity index (χ0) is 9.97. The van der Waals surface area contributed by atoms with Crippen LogP contribution in [0.2, 0.25) is 0 Å². The van der Waals surface area contributed by atoms with Gasteiger partial charge in [-0.25, -0.2) is 0 Å². The van der Waals surface area contributed by atoms with Crippen molar-refractivity contribution in [3.05, 3.63) is 23.7 Å². The molecule has 1 aromatic rings. The van der Waals surface area contributed by atoms with Crippen LogP contribution in [0.5, 0.6) is 0 Å². The van der Waals surface area contributed by atoms with Crippen LogP contribution < -0.4 is 0 Å². The summed E-state index contributed by atoms with van der Waals surface area (Å²) in [5.74, 6) is 0.498. The van der Waals surface area contributed by atoms with Crippen molar-refractivity contribution in [2.75, 3.05) is 0 Å². The molecule has 0 unspecified atom stereocenters. The highest BCUT2D eigenvalue weighted by atomic mass is 16.3. The predicted molar refractivity (Wildman–Crippen MR) is 50.4 cm³/mol. The Labute approximate surface area is 82.1 Å². The molecule has 3 nitrogen and oxygen atoms in total. The number of Topliss-reactive ketones (excluding diaryl/α,β-unsaturated/α-hetero) is 1. The van der Waals surface area contributed by atoms with Gasteiger partial charge < -0.3 is 4.42 Å². The van der Waals surface area contributed by atoms with Crippen molar-refractivity contribution in [3.8, 4) is 0 Å². The maximum Gasteiger partial charge on any atom is 0.185 e. The maximum atomic E-state index is 11.8. The first-order valence-corrected chi connectivity index (χ1v) is 4.89. The molecule has 0 aromatic carbocycles. The minimum atomic E-state index is 0.124. The van der Waals surface area contributed by atoms with Gasteiger partial charge in [0.25, 0.3) is 0 Å². The van der Waals surface area contributed by atoms with E-state index in [0.29, 0.717) is 11.8 Å². The van der Waals surface area contributed by atoms with Crippen molar-refractivity contribution in [2.24, 2.45) is 5.92 Å². The minimum absolute atomic E-state index is 0.124. The number of ketones is 1. The largest absolute Gasteiger partial charge is 0.461 e. The monoisotopic (exact) mass is 192 g/mol. The second kappa shape index (κ2) is 3.78. The van der Waals surface area contributed by atoms with Crippen LogP contribution in [0, 0.1) is 5.92 Å². The first-order chi connectivity index (χ1) is 6.81. The molecule has 1 aromatic heterocycles. The van der Waals surface area contributed by atoms with Crippen molar-refractivity contribution >= 4 is 12.1 Å². The Bertz CT molecular complexity index is 345. The summed E-state index contributed by atoms with van der Waals surface area (Å²) in [5, 5.41) is 0. The van der Waals surface area contributed by atoms with Crippen LogP contribution in [-0.4, -0.2) is 12.1 Å². The third kappa shape index (κ3) is 1.62. The van der Waals surface area contributed by atoms with Crippen LogP contribution in [0.4, 0.5) is 0 Å². The van der Waals surface area contributed by atoms with Gasteiger partial charge in [-0.05, 0) is 18.9 Å². The Morgan fingerprint density at radius 3 is 2.71 bits per heavy atom. The normalized spacial score (nSPS) is 17.1. The number of aldehydes is 1. The molecule has 14 heavy (non-hydrogen) atoms. The second-order valence-electron chi connectivity index (χ2n) is 3.70. The van der Waals surface area contributed by atoms with Crippen LogP contribution >= 0.6 is 0 Å². The van der Waals surface area contributed by atoms with E-state index in [2.05, 4.69) is 0 Å². The minimum Gasteiger partial charge on any atom is -0.461 e. The number of hydrogen-bond acceptors (Lipinski definition) is 3. The molecule has 0 amide bonds. The quantitative estimate of drug-likeness (QED) is 0.546. The summed E-state index contributed by atoms with van der Waals surface area (Å²) >= 11 is 0. The molecule has 0 spiro atoms. The van der Waals surface area contributed by atoms with Crippen molar-refractivity contribution in [1.82, 2.24) is 0 Å². The summed E-state index contributed by atoms with van der Waals surface area (Å²) < 4.78 is 4.91. The number of hydrogen-bond donors (Lipinski definition) is 0. The fourth-order valence-corrected chi connectivity index (χ4v) is 1.97. The Balaban J connectivity index is 2.13. The molecule has 3 heteroatoms. The van der Waals surface area contributed by atoms with E-state index in [9.17, 15) is 9.59 Å². The Kier molecular flexibility index (Phi) is 2.48. The lowest BCUT2D eigenvalue weighted by atomic mass is 9.98. The predicted octanol–water partition coefficient (Wildman–Crippen LogP) is 2.47. The molecule has 0 bridgehead atoms. The molecule has 74 valence electrons. The summed E-state index contributed by atoms with van der Waals surface area (Å²) in [4.78, 5) is 22.2. The lowest BCUT2D eigenvalue weighted by Gasteiger charge is -2.03. The summed E-state index contributed by atoms with van der Waals surface area (Å²) in [6.07, 6.45) is 6.21. The highest BCUT2D eigenvalue weighted by molar-refractivity contribution is 5.98. The number of rotatable bonds is 3. The summed E-state index contributed by atoms with van der Waals surface area (Å²) in [6, 6.07) is 1.52. The van der Waals surface area contributed by atoms with Crippen LogP contribution in [-0.2, 0) is 0 Å². The van der Waals surface area contributed by atoms with E-state index in [4.69, 9.17) is 4.42 Å². The van der Waals surface area contributed by atoms with E-state index >= 15 is 0 Å². The molecule has 0 saturated heterocycles. The fourth-order valence-electron chi connectivity index (χ4n) is 1.97.